The topological polar surface area (TPSA) is 54.5 Å². The molecule has 1 N–H and O–H groups in total. The van der Waals surface area contributed by atoms with Crippen LogP contribution in [0.3, 0.4) is 0 Å². The average Bonchev–Trinajstić information content (AvgIpc) is 2.83. The van der Waals surface area contributed by atoms with Gasteiger partial charge in [0.2, 0.25) is 0 Å². The van der Waals surface area contributed by atoms with E-state index in [2.05, 4.69) is 19.9 Å². The fourth-order valence-electron chi connectivity index (χ4n) is 2.02. The van der Waals surface area contributed by atoms with Gasteiger partial charge in [-0.25, -0.2) is 9.97 Å². The number of pyridine rings is 1. The molecule has 0 spiro atoms. The zero-order valence-corrected chi connectivity index (χ0v) is 8.95. The monoisotopic (exact) mass is 226 g/mol. The number of hydrogen-bond acceptors (Lipinski definition) is 4. The van der Waals surface area contributed by atoms with Crippen molar-refractivity contribution in [3.8, 4) is 0 Å². The van der Waals surface area contributed by atoms with Gasteiger partial charge in [-0.05, 0) is 6.07 Å². The van der Waals surface area contributed by atoms with Gasteiger partial charge in [-0.15, -0.1) is 11.3 Å². The van der Waals surface area contributed by atoms with Crippen LogP contribution in [0.1, 0.15) is 0 Å². The van der Waals surface area contributed by atoms with Crippen molar-refractivity contribution in [1.82, 2.24) is 19.9 Å². The molecule has 4 heterocycles. The highest BCUT2D eigenvalue weighted by Gasteiger charge is 2.11. The van der Waals surface area contributed by atoms with E-state index < -0.39 is 0 Å². The Hall–Kier alpha value is -2.01. The van der Waals surface area contributed by atoms with Crippen LogP contribution in [0.4, 0.5) is 0 Å². The second-order valence-electron chi connectivity index (χ2n) is 3.59. The number of rotatable bonds is 0. The lowest BCUT2D eigenvalue weighted by Crippen LogP contribution is -1.75. The lowest BCUT2D eigenvalue weighted by molar-refractivity contribution is 1.23. The van der Waals surface area contributed by atoms with Gasteiger partial charge in [-0.3, -0.25) is 4.98 Å². The van der Waals surface area contributed by atoms with Crippen molar-refractivity contribution in [2.45, 2.75) is 0 Å². The van der Waals surface area contributed by atoms with E-state index in [4.69, 9.17) is 0 Å². The molecule has 0 saturated carbocycles. The van der Waals surface area contributed by atoms with E-state index in [0.717, 1.165) is 20.6 Å². The first-order valence-electron chi connectivity index (χ1n) is 4.87. The lowest BCUT2D eigenvalue weighted by atomic mass is 10.2. The minimum atomic E-state index is 1.02. The molecule has 0 unspecified atom stereocenters. The number of aromatic nitrogens is 4. The van der Waals surface area contributed by atoms with Crippen LogP contribution >= 0.6 is 11.3 Å². The predicted molar refractivity (Wildman–Crippen MR) is 64.6 cm³/mol. The maximum atomic E-state index is 4.35. The van der Waals surface area contributed by atoms with Gasteiger partial charge in [0.15, 0.2) is 0 Å². The summed E-state index contributed by atoms with van der Waals surface area (Å²) >= 11 is 1.68. The summed E-state index contributed by atoms with van der Waals surface area (Å²) in [7, 11) is 0. The molecule has 0 saturated heterocycles. The first-order valence-corrected chi connectivity index (χ1v) is 5.69. The quantitative estimate of drug-likeness (QED) is 0.501. The van der Waals surface area contributed by atoms with E-state index in [0.29, 0.717) is 0 Å². The van der Waals surface area contributed by atoms with E-state index in [1.807, 2.05) is 18.5 Å². The summed E-state index contributed by atoms with van der Waals surface area (Å²) in [5.41, 5.74) is 2.08. The summed E-state index contributed by atoms with van der Waals surface area (Å²) < 4.78 is 1.11. The Kier molecular flexibility index (Phi) is 1.41. The van der Waals surface area contributed by atoms with Gasteiger partial charge < -0.3 is 4.98 Å². The Labute approximate surface area is 94.0 Å². The molecule has 4 nitrogen and oxygen atoms in total. The molecule has 4 aromatic rings. The van der Waals surface area contributed by atoms with Gasteiger partial charge in [0.25, 0.3) is 0 Å². The molecule has 0 amide bonds. The SMILES string of the molecule is c1cc2c(cn1)[nH]c1sc3cncnc3c12. The summed E-state index contributed by atoms with van der Waals surface area (Å²) in [5, 5.41) is 2.36. The number of hydrogen-bond donors (Lipinski definition) is 1. The van der Waals surface area contributed by atoms with Gasteiger partial charge in [-0.2, -0.15) is 0 Å². The van der Waals surface area contributed by atoms with Crippen LogP contribution < -0.4 is 0 Å². The van der Waals surface area contributed by atoms with E-state index in [1.165, 1.54) is 10.8 Å². The molecule has 5 heteroatoms. The molecule has 0 aliphatic heterocycles. The molecule has 0 atom stereocenters. The number of nitrogens with one attached hydrogen (secondary N) is 1. The Bertz CT molecular complexity index is 749. The van der Waals surface area contributed by atoms with Gasteiger partial charge in [-0.1, -0.05) is 0 Å². The molecular formula is C11H6N4S. The largest absolute Gasteiger partial charge is 0.345 e. The van der Waals surface area contributed by atoms with Crippen molar-refractivity contribution in [1.29, 1.82) is 0 Å². The molecule has 4 aromatic heterocycles. The first-order chi connectivity index (χ1) is 7.93. The fourth-order valence-corrected chi connectivity index (χ4v) is 3.07. The summed E-state index contributed by atoms with van der Waals surface area (Å²) in [6.45, 7) is 0. The fraction of sp³-hybridized carbons (Fsp3) is 0. The molecule has 4 rings (SSSR count). The summed E-state index contributed by atoms with van der Waals surface area (Å²) in [6.07, 6.45) is 7.10. The Morgan fingerprint density at radius 2 is 2.19 bits per heavy atom. The van der Waals surface area contributed by atoms with Gasteiger partial charge >= 0.3 is 0 Å². The standard InChI is InChI=1S/C11H6N4S/c1-2-12-3-7-6(1)9-10-8(4-13-5-14-10)16-11(9)15-7/h1-5,15H. The van der Waals surface area contributed by atoms with Crippen LogP contribution in [0.5, 0.6) is 0 Å². The summed E-state index contributed by atoms with van der Waals surface area (Å²) in [4.78, 5) is 17.0. The minimum Gasteiger partial charge on any atom is -0.345 e. The van der Waals surface area contributed by atoms with Crippen LogP contribution in [0.2, 0.25) is 0 Å². The maximum absolute atomic E-state index is 4.35. The molecule has 0 aliphatic rings. The Morgan fingerprint density at radius 1 is 1.19 bits per heavy atom. The normalized spacial score (nSPS) is 11.8. The molecule has 0 aromatic carbocycles. The maximum Gasteiger partial charge on any atom is 0.116 e. The molecule has 0 fully saturated rings. The molecule has 76 valence electrons. The number of H-pyrrole nitrogens is 1. The third-order valence-corrected chi connectivity index (χ3v) is 3.72. The van der Waals surface area contributed by atoms with Gasteiger partial charge in [0.05, 0.1) is 21.9 Å². The molecular weight excluding hydrogens is 220 g/mol. The van der Waals surface area contributed by atoms with Crippen molar-refractivity contribution in [2.24, 2.45) is 0 Å². The van der Waals surface area contributed by atoms with Gasteiger partial charge in [0, 0.05) is 23.2 Å². The van der Waals surface area contributed by atoms with Crippen LogP contribution in [0.25, 0.3) is 31.3 Å². The minimum absolute atomic E-state index is 1.02. The van der Waals surface area contributed by atoms with E-state index in [-0.39, 0.29) is 0 Å². The van der Waals surface area contributed by atoms with Crippen molar-refractivity contribution in [3.05, 3.63) is 31.0 Å². The van der Waals surface area contributed by atoms with Crippen LogP contribution in [-0.4, -0.2) is 19.9 Å². The van der Waals surface area contributed by atoms with E-state index in [1.54, 1.807) is 23.9 Å². The number of thiophene rings is 1. The van der Waals surface area contributed by atoms with Crippen molar-refractivity contribution in [3.63, 3.8) is 0 Å². The highest BCUT2D eigenvalue weighted by molar-refractivity contribution is 7.25. The van der Waals surface area contributed by atoms with Gasteiger partial charge in [0.1, 0.15) is 11.2 Å². The number of aromatic amines is 1. The average molecular weight is 226 g/mol. The number of nitrogens with zero attached hydrogens (tertiary/aromatic N) is 3. The highest BCUT2D eigenvalue weighted by atomic mass is 32.1. The second-order valence-corrected chi connectivity index (χ2v) is 4.64. The smallest absolute Gasteiger partial charge is 0.116 e. The van der Waals surface area contributed by atoms with Crippen LogP contribution in [0, 0.1) is 0 Å². The lowest BCUT2D eigenvalue weighted by Gasteiger charge is -1.89. The predicted octanol–water partition coefficient (Wildman–Crippen LogP) is 2.72. The van der Waals surface area contributed by atoms with Crippen molar-refractivity contribution in [2.75, 3.05) is 0 Å². The number of fused-ring (bicyclic) bond motifs is 5. The zero-order valence-electron chi connectivity index (χ0n) is 8.14. The van der Waals surface area contributed by atoms with Crippen LogP contribution in [-0.2, 0) is 0 Å². The summed E-state index contributed by atoms with van der Waals surface area (Å²) in [6, 6.07) is 2.02. The zero-order chi connectivity index (χ0) is 10.5. The third-order valence-electron chi connectivity index (χ3n) is 2.69. The molecule has 0 aliphatic carbocycles. The summed E-state index contributed by atoms with van der Waals surface area (Å²) in [5.74, 6) is 0. The second kappa shape index (κ2) is 2.76. The Morgan fingerprint density at radius 3 is 3.19 bits per heavy atom. The molecule has 0 bridgehead atoms. The molecule has 16 heavy (non-hydrogen) atoms. The molecule has 0 radical (unpaired) electrons. The van der Waals surface area contributed by atoms with E-state index >= 15 is 0 Å². The third kappa shape index (κ3) is 0.906. The van der Waals surface area contributed by atoms with Crippen LogP contribution in [0.15, 0.2) is 31.0 Å². The first kappa shape index (κ1) is 8.18. The highest BCUT2D eigenvalue weighted by Crippen LogP contribution is 2.36. The van der Waals surface area contributed by atoms with Crippen molar-refractivity contribution < 1.29 is 0 Å². The Balaban J connectivity index is 2.38. The van der Waals surface area contributed by atoms with Crippen molar-refractivity contribution >= 4 is 42.7 Å². The van der Waals surface area contributed by atoms with E-state index in [9.17, 15) is 0 Å².